The van der Waals surface area contributed by atoms with Gasteiger partial charge in [0.2, 0.25) is 5.91 Å². The molecule has 5 heteroatoms. The van der Waals surface area contributed by atoms with Gasteiger partial charge >= 0.3 is 0 Å². The molecular weight excluding hydrogens is 256 g/mol. The molecule has 0 radical (unpaired) electrons. The van der Waals surface area contributed by atoms with Crippen molar-refractivity contribution < 1.29 is 14.1 Å². The minimum atomic E-state index is -0.144. The number of nitrogens with zero attached hydrogens (tertiary/aromatic N) is 1. The van der Waals surface area contributed by atoms with Crippen LogP contribution in [0.1, 0.15) is 34.9 Å². The zero-order valence-electron chi connectivity index (χ0n) is 11.3. The fraction of sp³-hybridized carbons (Fsp3) is 0.333. The predicted molar refractivity (Wildman–Crippen MR) is 71.7 cm³/mol. The summed E-state index contributed by atoms with van der Waals surface area (Å²) in [5, 5.41) is 6.64. The van der Waals surface area contributed by atoms with E-state index in [-0.39, 0.29) is 12.0 Å². The fourth-order valence-corrected chi connectivity index (χ4v) is 2.35. The first-order valence-corrected chi connectivity index (χ1v) is 6.60. The van der Waals surface area contributed by atoms with E-state index < -0.39 is 0 Å². The highest BCUT2D eigenvalue weighted by Gasteiger charge is 2.24. The van der Waals surface area contributed by atoms with Crippen molar-refractivity contribution in [3.8, 4) is 0 Å². The van der Waals surface area contributed by atoms with E-state index in [0.29, 0.717) is 19.6 Å². The number of carbonyl (C=O) groups excluding carboxylic acids is 1. The summed E-state index contributed by atoms with van der Waals surface area (Å²) >= 11 is 0. The van der Waals surface area contributed by atoms with Gasteiger partial charge in [0.1, 0.15) is 6.26 Å². The van der Waals surface area contributed by atoms with Crippen molar-refractivity contribution in [2.24, 2.45) is 0 Å². The van der Waals surface area contributed by atoms with Crippen molar-refractivity contribution in [1.82, 2.24) is 10.5 Å². The number of fused-ring (bicyclic) bond motifs is 1. The first kappa shape index (κ1) is 12.9. The van der Waals surface area contributed by atoms with Crippen molar-refractivity contribution in [2.45, 2.75) is 32.6 Å². The van der Waals surface area contributed by atoms with Gasteiger partial charge in [0.25, 0.3) is 0 Å². The van der Waals surface area contributed by atoms with Gasteiger partial charge in [-0.3, -0.25) is 4.79 Å². The second-order valence-corrected chi connectivity index (χ2v) is 4.90. The van der Waals surface area contributed by atoms with Crippen LogP contribution in [-0.4, -0.2) is 11.1 Å². The Morgan fingerprint density at radius 2 is 2.30 bits per heavy atom. The summed E-state index contributed by atoms with van der Waals surface area (Å²) in [7, 11) is 0. The normalized spacial score (nSPS) is 16.9. The van der Waals surface area contributed by atoms with Crippen molar-refractivity contribution >= 4 is 5.91 Å². The minimum absolute atomic E-state index is 0.0349. The highest BCUT2D eigenvalue weighted by molar-refractivity contribution is 5.76. The van der Waals surface area contributed by atoms with Gasteiger partial charge < -0.3 is 14.6 Å². The molecule has 0 saturated heterocycles. The van der Waals surface area contributed by atoms with Crippen LogP contribution >= 0.6 is 0 Å². The highest BCUT2D eigenvalue weighted by atomic mass is 16.5. The number of hydrogen-bond acceptors (Lipinski definition) is 4. The molecule has 1 N–H and O–H groups in total. The molecule has 1 aromatic heterocycles. The van der Waals surface area contributed by atoms with Gasteiger partial charge in [0, 0.05) is 12.1 Å². The van der Waals surface area contributed by atoms with Crippen molar-refractivity contribution in [3.05, 3.63) is 52.9 Å². The van der Waals surface area contributed by atoms with E-state index in [2.05, 4.69) is 10.5 Å². The second kappa shape index (κ2) is 5.46. The molecule has 1 atom stereocenters. The number of amides is 1. The first-order chi connectivity index (χ1) is 9.74. The highest BCUT2D eigenvalue weighted by Crippen LogP contribution is 2.32. The summed E-state index contributed by atoms with van der Waals surface area (Å²) in [6.07, 6.45) is 1.74. The number of benzene rings is 1. The average molecular weight is 272 g/mol. The molecule has 1 amide bonds. The van der Waals surface area contributed by atoms with Crippen LogP contribution in [0.4, 0.5) is 0 Å². The Kier molecular flexibility index (Phi) is 3.52. The topological polar surface area (TPSA) is 64.4 Å². The monoisotopic (exact) mass is 272 g/mol. The Balaban J connectivity index is 1.57. The largest absolute Gasteiger partial charge is 0.368 e. The van der Waals surface area contributed by atoms with E-state index in [1.165, 1.54) is 5.56 Å². The van der Waals surface area contributed by atoms with Gasteiger partial charge in [-0.05, 0) is 18.1 Å². The van der Waals surface area contributed by atoms with E-state index in [0.717, 1.165) is 16.8 Å². The molecule has 5 nitrogen and oxygen atoms in total. The Morgan fingerprint density at radius 1 is 1.45 bits per heavy atom. The fourth-order valence-electron chi connectivity index (χ4n) is 2.35. The summed E-state index contributed by atoms with van der Waals surface area (Å²) in [4.78, 5) is 12.0. The molecule has 2 heterocycles. The number of aromatic nitrogens is 1. The van der Waals surface area contributed by atoms with Gasteiger partial charge in [0.05, 0.1) is 24.8 Å². The predicted octanol–water partition coefficient (Wildman–Crippen LogP) is 2.26. The van der Waals surface area contributed by atoms with E-state index in [1.54, 1.807) is 6.26 Å². The van der Waals surface area contributed by atoms with Gasteiger partial charge in [-0.25, -0.2) is 0 Å². The molecule has 1 unspecified atom stereocenters. The molecule has 1 aliphatic rings. The van der Waals surface area contributed by atoms with Crippen LogP contribution in [0.25, 0.3) is 0 Å². The minimum Gasteiger partial charge on any atom is -0.368 e. The summed E-state index contributed by atoms with van der Waals surface area (Å²) in [5.41, 5.74) is 3.97. The molecule has 0 fully saturated rings. The molecule has 1 aliphatic heterocycles. The van der Waals surface area contributed by atoms with Crippen molar-refractivity contribution in [2.75, 3.05) is 0 Å². The van der Waals surface area contributed by atoms with E-state index in [4.69, 9.17) is 9.26 Å². The molecule has 1 aromatic carbocycles. The molecule has 20 heavy (non-hydrogen) atoms. The summed E-state index contributed by atoms with van der Waals surface area (Å²) < 4.78 is 10.5. The first-order valence-electron chi connectivity index (χ1n) is 6.60. The molecule has 3 rings (SSSR count). The Labute approximate surface area is 116 Å². The van der Waals surface area contributed by atoms with Crippen LogP contribution < -0.4 is 5.32 Å². The second-order valence-electron chi connectivity index (χ2n) is 4.90. The molecular formula is C15H16N2O3. The number of hydrogen-bond donors (Lipinski definition) is 1. The molecule has 0 spiro atoms. The summed E-state index contributed by atoms with van der Waals surface area (Å²) in [6.45, 7) is 2.86. The van der Waals surface area contributed by atoms with Crippen LogP contribution in [0.5, 0.6) is 0 Å². The van der Waals surface area contributed by atoms with Gasteiger partial charge in [-0.15, -0.1) is 0 Å². The van der Waals surface area contributed by atoms with Gasteiger partial charge in [-0.2, -0.15) is 0 Å². The average Bonchev–Trinajstić information content (AvgIpc) is 3.04. The SMILES string of the molecule is Cc1nocc1CNC(=O)CC1OCc2ccccc21. The van der Waals surface area contributed by atoms with Crippen molar-refractivity contribution in [1.29, 1.82) is 0 Å². The quantitative estimate of drug-likeness (QED) is 0.927. The Bertz CT molecular complexity index is 621. The van der Waals surface area contributed by atoms with E-state index in [1.807, 2.05) is 31.2 Å². The maximum Gasteiger partial charge on any atom is 0.223 e. The van der Waals surface area contributed by atoms with Crippen LogP contribution in [0, 0.1) is 6.92 Å². The molecule has 0 saturated carbocycles. The number of ether oxygens (including phenoxy) is 1. The number of rotatable bonds is 4. The lowest BCUT2D eigenvalue weighted by molar-refractivity contribution is -0.124. The number of carbonyl (C=O) groups is 1. The van der Waals surface area contributed by atoms with E-state index in [9.17, 15) is 4.79 Å². The van der Waals surface area contributed by atoms with Crippen molar-refractivity contribution in [3.63, 3.8) is 0 Å². The third-order valence-electron chi connectivity index (χ3n) is 3.54. The molecule has 0 aliphatic carbocycles. The maximum atomic E-state index is 12.0. The zero-order chi connectivity index (χ0) is 13.9. The molecule has 0 bridgehead atoms. The third kappa shape index (κ3) is 2.58. The lowest BCUT2D eigenvalue weighted by Gasteiger charge is -2.11. The zero-order valence-corrected chi connectivity index (χ0v) is 11.3. The van der Waals surface area contributed by atoms with Crippen LogP contribution in [-0.2, 0) is 22.7 Å². The van der Waals surface area contributed by atoms with Gasteiger partial charge in [-0.1, -0.05) is 29.4 Å². The smallest absolute Gasteiger partial charge is 0.223 e. The Hall–Kier alpha value is -2.14. The van der Waals surface area contributed by atoms with Crippen LogP contribution in [0.2, 0.25) is 0 Å². The third-order valence-corrected chi connectivity index (χ3v) is 3.54. The molecule has 104 valence electrons. The number of aryl methyl sites for hydroxylation is 1. The summed E-state index contributed by atoms with van der Waals surface area (Å²) in [5.74, 6) is -0.0349. The van der Waals surface area contributed by atoms with Crippen LogP contribution in [0.3, 0.4) is 0 Å². The summed E-state index contributed by atoms with van der Waals surface area (Å²) in [6, 6.07) is 8.01. The van der Waals surface area contributed by atoms with Crippen LogP contribution in [0.15, 0.2) is 35.1 Å². The van der Waals surface area contributed by atoms with E-state index >= 15 is 0 Å². The lowest BCUT2D eigenvalue weighted by atomic mass is 10.0. The Morgan fingerprint density at radius 3 is 3.10 bits per heavy atom. The standard InChI is InChI=1S/C15H16N2O3/c1-10-12(9-20-17-10)7-16-15(18)6-14-13-5-3-2-4-11(13)8-19-14/h2-5,9,14H,6-8H2,1H3,(H,16,18). The molecule has 2 aromatic rings. The van der Waals surface area contributed by atoms with Gasteiger partial charge in [0.15, 0.2) is 0 Å². The number of nitrogens with one attached hydrogen (secondary N) is 1. The maximum absolute atomic E-state index is 12.0. The lowest BCUT2D eigenvalue weighted by Crippen LogP contribution is -2.24.